The summed E-state index contributed by atoms with van der Waals surface area (Å²) in [5.74, 6) is 0.895. The predicted molar refractivity (Wildman–Crippen MR) is 82.9 cm³/mol. The van der Waals surface area contributed by atoms with Crippen LogP contribution in [0.25, 0.3) is 0 Å². The van der Waals surface area contributed by atoms with Crippen LogP contribution in [0.5, 0.6) is 0 Å². The molecule has 0 N–H and O–H groups in total. The highest BCUT2D eigenvalue weighted by atomic mass is 16.2. The third-order valence-corrected chi connectivity index (χ3v) is 4.75. The lowest BCUT2D eigenvalue weighted by Gasteiger charge is -2.35. The van der Waals surface area contributed by atoms with Gasteiger partial charge in [0, 0.05) is 37.6 Å². The van der Waals surface area contributed by atoms with E-state index in [0.717, 1.165) is 18.8 Å². The third kappa shape index (κ3) is 3.43. The Kier molecular flexibility index (Phi) is 4.54. The summed E-state index contributed by atoms with van der Waals surface area (Å²) in [5.41, 5.74) is 0.879. The van der Waals surface area contributed by atoms with Crippen molar-refractivity contribution in [3.8, 4) is 0 Å². The molecule has 2 bridgehead atoms. The minimum Gasteiger partial charge on any atom is -0.340 e. The third-order valence-electron chi connectivity index (χ3n) is 4.75. The Bertz CT molecular complexity index is 476. The summed E-state index contributed by atoms with van der Waals surface area (Å²) in [5, 5.41) is 0. The molecule has 0 saturated carbocycles. The Labute approximate surface area is 127 Å². The molecule has 1 aromatic rings. The van der Waals surface area contributed by atoms with Crippen LogP contribution in [-0.4, -0.2) is 52.9 Å². The lowest BCUT2D eigenvalue weighted by Crippen LogP contribution is -2.44. The molecule has 4 nitrogen and oxygen atoms in total. The van der Waals surface area contributed by atoms with Crippen LogP contribution >= 0.6 is 0 Å². The van der Waals surface area contributed by atoms with Gasteiger partial charge in [-0.15, -0.1) is 0 Å². The summed E-state index contributed by atoms with van der Waals surface area (Å²) in [4.78, 5) is 21.5. The van der Waals surface area contributed by atoms with Crippen molar-refractivity contribution in [2.24, 2.45) is 5.92 Å². The molecule has 1 aromatic heterocycles. The molecule has 4 heteroatoms. The van der Waals surface area contributed by atoms with E-state index in [0.29, 0.717) is 18.4 Å². The van der Waals surface area contributed by atoms with E-state index in [9.17, 15) is 4.79 Å². The lowest BCUT2D eigenvalue weighted by atomic mass is 9.95. The number of amides is 1. The molecule has 0 unspecified atom stereocenters. The number of carbonyl (C=O) groups is 1. The van der Waals surface area contributed by atoms with Crippen LogP contribution in [0.15, 0.2) is 24.4 Å². The molecule has 114 valence electrons. The van der Waals surface area contributed by atoms with Gasteiger partial charge in [0.25, 0.3) is 0 Å². The van der Waals surface area contributed by atoms with E-state index in [2.05, 4.69) is 21.7 Å². The molecule has 2 atom stereocenters. The summed E-state index contributed by atoms with van der Waals surface area (Å²) >= 11 is 0. The smallest absolute Gasteiger partial charge is 0.228 e. The fraction of sp³-hybridized carbons (Fsp3) is 0.647. The largest absolute Gasteiger partial charge is 0.340 e. The maximum atomic E-state index is 12.6. The minimum atomic E-state index is 0.240. The minimum absolute atomic E-state index is 0.240. The highest BCUT2D eigenvalue weighted by Crippen LogP contribution is 2.28. The maximum Gasteiger partial charge on any atom is 0.228 e. The van der Waals surface area contributed by atoms with Gasteiger partial charge in [-0.1, -0.05) is 13.0 Å². The van der Waals surface area contributed by atoms with E-state index < -0.39 is 0 Å². The fourth-order valence-electron chi connectivity index (χ4n) is 3.71. The lowest BCUT2D eigenvalue weighted by molar-refractivity contribution is -0.130. The first-order chi connectivity index (χ1) is 10.3. The number of carbonyl (C=O) groups excluding carboxylic acids is 1. The van der Waals surface area contributed by atoms with E-state index in [1.165, 1.54) is 32.4 Å². The molecule has 0 aromatic carbocycles. The van der Waals surface area contributed by atoms with E-state index >= 15 is 0 Å². The SMILES string of the molecule is CCCN1C[C@H]2CC[C@@H]1CN(C(=O)Cc1ccccn1)C2. The highest BCUT2D eigenvalue weighted by Gasteiger charge is 2.35. The van der Waals surface area contributed by atoms with Crippen molar-refractivity contribution in [3.63, 3.8) is 0 Å². The van der Waals surface area contributed by atoms with Gasteiger partial charge in [0.1, 0.15) is 0 Å². The zero-order valence-corrected chi connectivity index (χ0v) is 12.9. The van der Waals surface area contributed by atoms with Crippen molar-refractivity contribution in [1.29, 1.82) is 0 Å². The average molecular weight is 287 g/mol. The van der Waals surface area contributed by atoms with Crippen LogP contribution in [-0.2, 0) is 11.2 Å². The second-order valence-electron chi connectivity index (χ2n) is 6.39. The molecular weight excluding hydrogens is 262 g/mol. The van der Waals surface area contributed by atoms with Gasteiger partial charge in [-0.3, -0.25) is 14.7 Å². The van der Waals surface area contributed by atoms with E-state index in [-0.39, 0.29) is 5.91 Å². The molecule has 3 fully saturated rings. The van der Waals surface area contributed by atoms with Crippen molar-refractivity contribution in [3.05, 3.63) is 30.1 Å². The Morgan fingerprint density at radius 3 is 2.95 bits per heavy atom. The number of fused-ring (bicyclic) bond motifs is 4. The van der Waals surface area contributed by atoms with Gasteiger partial charge in [-0.25, -0.2) is 0 Å². The van der Waals surface area contributed by atoms with Crippen molar-refractivity contribution >= 4 is 5.91 Å². The summed E-state index contributed by atoms with van der Waals surface area (Å²) in [6, 6.07) is 6.35. The molecule has 4 rings (SSSR count). The molecule has 21 heavy (non-hydrogen) atoms. The average Bonchev–Trinajstić information content (AvgIpc) is 2.80. The molecular formula is C17H25N3O. The van der Waals surface area contributed by atoms with E-state index in [1.54, 1.807) is 6.20 Å². The standard InChI is InChI=1S/C17H25N3O/c1-2-9-19-11-14-6-7-16(19)13-20(12-14)17(21)10-15-5-3-4-8-18-15/h3-5,8,14,16H,2,6-7,9-13H2,1H3/t14-,16-/m1/s1. The zero-order chi connectivity index (χ0) is 14.7. The van der Waals surface area contributed by atoms with Crippen molar-refractivity contribution in [2.75, 3.05) is 26.2 Å². The van der Waals surface area contributed by atoms with Gasteiger partial charge in [0.15, 0.2) is 0 Å². The molecule has 3 aliphatic rings. The van der Waals surface area contributed by atoms with Gasteiger partial charge in [-0.2, -0.15) is 0 Å². The van der Waals surface area contributed by atoms with Crippen LogP contribution in [0.4, 0.5) is 0 Å². The predicted octanol–water partition coefficient (Wildman–Crippen LogP) is 1.96. The van der Waals surface area contributed by atoms with Crippen LogP contribution in [0, 0.1) is 5.92 Å². The van der Waals surface area contributed by atoms with Gasteiger partial charge < -0.3 is 4.90 Å². The monoisotopic (exact) mass is 287 g/mol. The fourth-order valence-corrected chi connectivity index (χ4v) is 3.71. The number of hydrogen-bond acceptors (Lipinski definition) is 3. The highest BCUT2D eigenvalue weighted by molar-refractivity contribution is 5.78. The van der Waals surface area contributed by atoms with Crippen LogP contribution in [0.1, 0.15) is 31.9 Å². The summed E-state index contributed by atoms with van der Waals surface area (Å²) < 4.78 is 0. The molecule has 0 aliphatic carbocycles. The molecule has 0 radical (unpaired) electrons. The summed E-state index contributed by atoms with van der Waals surface area (Å²) in [6.45, 7) is 6.42. The Hall–Kier alpha value is -1.42. The maximum absolute atomic E-state index is 12.6. The number of hydrogen-bond donors (Lipinski definition) is 0. The molecule has 4 heterocycles. The number of aromatic nitrogens is 1. The van der Waals surface area contributed by atoms with Gasteiger partial charge in [-0.05, 0) is 43.9 Å². The topological polar surface area (TPSA) is 36.4 Å². The van der Waals surface area contributed by atoms with Crippen molar-refractivity contribution in [2.45, 2.75) is 38.6 Å². The van der Waals surface area contributed by atoms with Crippen molar-refractivity contribution < 1.29 is 4.79 Å². The van der Waals surface area contributed by atoms with E-state index in [4.69, 9.17) is 0 Å². The second-order valence-corrected chi connectivity index (χ2v) is 6.39. The first-order valence-corrected chi connectivity index (χ1v) is 8.18. The Morgan fingerprint density at radius 1 is 1.29 bits per heavy atom. The Balaban J connectivity index is 1.65. The molecule has 1 amide bonds. The van der Waals surface area contributed by atoms with Gasteiger partial charge in [0.05, 0.1) is 6.42 Å². The number of rotatable bonds is 4. The van der Waals surface area contributed by atoms with Crippen LogP contribution in [0.2, 0.25) is 0 Å². The zero-order valence-electron chi connectivity index (χ0n) is 12.9. The van der Waals surface area contributed by atoms with Crippen molar-refractivity contribution in [1.82, 2.24) is 14.8 Å². The number of nitrogens with zero attached hydrogens (tertiary/aromatic N) is 3. The number of piperidine rings is 1. The molecule has 0 spiro atoms. The normalized spacial score (nSPS) is 25.9. The Morgan fingerprint density at radius 2 is 2.19 bits per heavy atom. The second kappa shape index (κ2) is 6.56. The van der Waals surface area contributed by atoms with Crippen LogP contribution in [0.3, 0.4) is 0 Å². The summed E-state index contributed by atoms with van der Waals surface area (Å²) in [6.07, 6.45) is 5.92. The number of pyridine rings is 1. The van der Waals surface area contributed by atoms with E-state index in [1.807, 2.05) is 18.2 Å². The quantitative estimate of drug-likeness (QED) is 0.849. The first-order valence-electron chi connectivity index (χ1n) is 8.18. The van der Waals surface area contributed by atoms with Gasteiger partial charge in [0.2, 0.25) is 5.91 Å². The molecule has 3 saturated heterocycles. The van der Waals surface area contributed by atoms with Gasteiger partial charge >= 0.3 is 0 Å². The van der Waals surface area contributed by atoms with Crippen LogP contribution < -0.4 is 0 Å². The molecule has 3 aliphatic heterocycles. The first kappa shape index (κ1) is 14.5. The summed E-state index contributed by atoms with van der Waals surface area (Å²) in [7, 11) is 0.